The Hall–Kier alpha value is -1.64. The number of hydrogen-bond acceptors (Lipinski definition) is 5. The molecule has 14 heavy (non-hydrogen) atoms. The van der Waals surface area contributed by atoms with Crippen LogP contribution < -0.4 is 5.73 Å². The molecule has 0 amide bonds. The van der Waals surface area contributed by atoms with Gasteiger partial charge in [0.05, 0.1) is 6.26 Å². The van der Waals surface area contributed by atoms with Gasteiger partial charge in [0.2, 0.25) is 0 Å². The number of nitrogens with zero attached hydrogens (tertiary/aromatic N) is 2. The molecule has 2 aromatic rings. The van der Waals surface area contributed by atoms with E-state index in [-0.39, 0.29) is 0 Å². The normalized spacial score (nSPS) is 10.0. The number of furan rings is 1. The predicted molar refractivity (Wildman–Crippen MR) is 52.4 cm³/mol. The third kappa shape index (κ3) is 1.41. The summed E-state index contributed by atoms with van der Waals surface area (Å²) in [5.74, 6) is 0.666. The maximum atomic E-state index is 8.84. The highest BCUT2D eigenvalue weighted by Crippen LogP contribution is 2.29. The lowest BCUT2D eigenvalue weighted by Crippen LogP contribution is -1.94. The summed E-state index contributed by atoms with van der Waals surface area (Å²) in [5, 5.41) is 9.58. The van der Waals surface area contributed by atoms with Crippen LogP contribution in [0.3, 0.4) is 0 Å². The first-order chi connectivity index (χ1) is 6.85. The quantitative estimate of drug-likeness (QED) is 0.810. The second-order valence-corrected chi connectivity index (χ2v) is 3.66. The van der Waals surface area contributed by atoms with E-state index in [0.29, 0.717) is 18.0 Å². The van der Waals surface area contributed by atoms with Gasteiger partial charge in [-0.1, -0.05) is 0 Å². The van der Waals surface area contributed by atoms with Crippen LogP contribution in [0.1, 0.15) is 10.7 Å². The Labute approximate surface area is 84.6 Å². The second-order valence-electron chi connectivity index (χ2n) is 2.58. The zero-order chi connectivity index (χ0) is 9.97. The molecule has 0 fully saturated rings. The smallest absolute Gasteiger partial charge is 0.162 e. The zero-order valence-electron chi connectivity index (χ0n) is 7.23. The highest BCUT2D eigenvalue weighted by Gasteiger charge is 2.13. The van der Waals surface area contributed by atoms with Crippen LogP contribution in [0.15, 0.2) is 22.8 Å². The van der Waals surface area contributed by atoms with Crippen LogP contribution in [-0.2, 0) is 6.54 Å². The molecular weight excluding hydrogens is 198 g/mol. The van der Waals surface area contributed by atoms with Gasteiger partial charge in [-0.3, -0.25) is 0 Å². The number of aromatic nitrogens is 1. The molecule has 0 aliphatic heterocycles. The van der Waals surface area contributed by atoms with Gasteiger partial charge in [-0.2, -0.15) is 5.26 Å². The summed E-state index contributed by atoms with van der Waals surface area (Å²) in [6, 6.07) is 5.60. The topological polar surface area (TPSA) is 75.8 Å². The lowest BCUT2D eigenvalue weighted by Gasteiger charge is -1.87. The van der Waals surface area contributed by atoms with Gasteiger partial charge in [0.25, 0.3) is 0 Å². The van der Waals surface area contributed by atoms with Crippen molar-refractivity contribution < 1.29 is 4.42 Å². The highest BCUT2D eigenvalue weighted by molar-refractivity contribution is 7.15. The van der Waals surface area contributed by atoms with Crippen molar-refractivity contribution in [3.63, 3.8) is 0 Å². The van der Waals surface area contributed by atoms with Crippen molar-refractivity contribution in [1.29, 1.82) is 5.26 Å². The van der Waals surface area contributed by atoms with Crippen LogP contribution in [0, 0.1) is 11.3 Å². The van der Waals surface area contributed by atoms with E-state index in [9.17, 15) is 0 Å². The van der Waals surface area contributed by atoms with E-state index in [1.54, 1.807) is 18.4 Å². The van der Waals surface area contributed by atoms with Gasteiger partial charge in [0.1, 0.15) is 21.7 Å². The number of nitriles is 1. The predicted octanol–water partition coefficient (Wildman–Crippen LogP) is 1.73. The molecule has 2 rings (SSSR count). The van der Waals surface area contributed by atoms with Crippen LogP contribution in [0.5, 0.6) is 0 Å². The van der Waals surface area contributed by atoms with Gasteiger partial charge < -0.3 is 10.2 Å². The molecule has 0 saturated carbocycles. The molecule has 2 heterocycles. The second kappa shape index (κ2) is 3.62. The number of nitrogens with two attached hydrogens (primary N) is 1. The SMILES string of the molecule is N#Cc1nc(CN)sc1-c1ccco1. The fraction of sp³-hybridized carbons (Fsp3) is 0.111. The zero-order valence-corrected chi connectivity index (χ0v) is 8.04. The Morgan fingerprint density at radius 3 is 3.07 bits per heavy atom. The van der Waals surface area contributed by atoms with Crippen molar-refractivity contribution >= 4 is 11.3 Å². The van der Waals surface area contributed by atoms with E-state index in [1.165, 1.54) is 11.3 Å². The average molecular weight is 205 g/mol. The molecule has 0 bridgehead atoms. The minimum atomic E-state index is 0.347. The maximum Gasteiger partial charge on any atom is 0.162 e. The van der Waals surface area contributed by atoms with Crippen LogP contribution in [-0.4, -0.2) is 4.98 Å². The summed E-state index contributed by atoms with van der Waals surface area (Å²) in [6.45, 7) is 0.347. The number of rotatable bonds is 2. The third-order valence-electron chi connectivity index (χ3n) is 1.70. The van der Waals surface area contributed by atoms with E-state index in [0.717, 1.165) is 9.88 Å². The first-order valence-electron chi connectivity index (χ1n) is 3.99. The molecule has 0 radical (unpaired) electrons. The summed E-state index contributed by atoms with van der Waals surface area (Å²) in [6.07, 6.45) is 1.57. The maximum absolute atomic E-state index is 8.84. The van der Waals surface area contributed by atoms with Gasteiger partial charge in [0, 0.05) is 6.54 Å². The molecule has 0 aromatic carbocycles. The van der Waals surface area contributed by atoms with E-state index >= 15 is 0 Å². The van der Waals surface area contributed by atoms with E-state index in [4.69, 9.17) is 15.4 Å². The van der Waals surface area contributed by atoms with E-state index in [1.807, 2.05) is 6.07 Å². The minimum Gasteiger partial charge on any atom is -0.463 e. The lowest BCUT2D eigenvalue weighted by atomic mass is 10.3. The van der Waals surface area contributed by atoms with Crippen molar-refractivity contribution in [2.24, 2.45) is 5.73 Å². The van der Waals surface area contributed by atoms with Gasteiger partial charge in [0.15, 0.2) is 5.69 Å². The van der Waals surface area contributed by atoms with E-state index < -0.39 is 0 Å². The summed E-state index contributed by atoms with van der Waals surface area (Å²) in [7, 11) is 0. The lowest BCUT2D eigenvalue weighted by molar-refractivity contribution is 0.583. The Bertz CT molecular complexity index is 467. The third-order valence-corrected chi connectivity index (χ3v) is 2.79. The molecule has 2 N–H and O–H groups in total. The standard InChI is InChI=1S/C9H7N3OS/c10-4-6-9(7-2-1-3-13-7)14-8(5-11)12-6/h1-3H,5,11H2. The van der Waals surface area contributed by atoms with Crippen molar-refractivity contribution in [2.75, 3.05) is 0 Å². The van der Waals surface area contributed by atoms with Crippen LogP contribution in [0.4, 0.5) is 0 Å². The largest absolute Gasteiger partial charge is 0.463 e. The Morgan fingerprint density at radius 1 is 1.64 bits per heavy atom. The molecule has 4 nitrogen and oxygen atoms in total. The average Bonchev–Trinajstić information content (AvgIpc) is 2.85. The molecule has 0 saturated heterocycles. The number of hydrogen-bond donors (Lipinski definition) is 1. The molecule has 0 aliphatic rings. The highest BCUT2D eigenvalue weighted by atomic mass is 32.1. The Morgan fingerprint density at radius 2 is 2.50 bits per heavy atom. The van der Waals surface area contributed by atoms with Crippen molar-refractivity contribution in [2.45, 2.75) is 6.54 Å². The van der Waals surface area contributed by atoms with Crippen LogP contribution >= 0.6 is 11.3 Å². The summed E-state index contributed by atoms with van der Waals surface area (Å²) in [5.41, 5.74) is 5.83. The molecule has 2 aromatic heterocycles. The van der Waals surface area contributed by atoms with Gasteiger partial charge in [-0.05, 0) is 12.1 Å². The first-order valence-corrected chi connectivity index (χ1v) is 4.80. The van der Waals surface area contributed by atoms with Crippen molar-refractivity contribution in [1.82, 2.24) is 4.98 Å². The fourth-order valence-electron chi connectivity index (χ4n) is 1.10. The molecular formula is C9H7N3OS. The Kier molecular flexibility index (Phi) is 2.31. The first kappa shape index (κ1) is 8.94. The Balaban J connectivity index is 2.53. The molecule has 0 atom stereocenters. The van der Waals surface area contributed by atoms with Gasteiger partial charge in [-0.15, -0.1) is 11.3 Å². The molecule has 0 spiro atoms. The van der Waals surface area contributed by atoms with E-state index in [2.05, 4.69) is 4.98 Å². The van der Waals surface area contributed by atoms with Gasteiger partial charge in [-0.25, -0.2) is 4.98 Å². The van der Waals surface area contributed by atoms with Crippen molar-refractivity contribution in [3.05, 3.63) is 29.1 Å². The molecule has 5 heteroatoms. The summed E-state index contributed by atoms with van der Waals surface area (Å²) in [4.78, 5) is 4.82. The van der Waals surface area contributed by atoms with Gasteiger partial charge >= 0.3 is 0 Å². The summed E-state index contributed by atoms with van der Waals surface area (Å²) >= 11 is 1.39. The number of thiazole rings is 1. The van der Waals surface area contributed by atoms with Crippen molar-refractivity contribution in [3.8, 4) is 16.7 Å². The van der Waals surface area contributed by atoms with Crippen LogP contribution in [0.25, 0.3) is 10.6 Å². The molecule has 0 unspecified atom stereocenters. The monoisotopic (exact) mass is 205 g/mol. The minimum absolute atomic E-state index is 0.347. The molecule has 70 valence electrons. The van der Waals surface area contributed by atoms with Crippen LogP contribution in [0.2, 0.25) is 0 Å². The fourth-order valence-corrected chi connectivity index (χ4v) is 1.96. The molecule has 0 aliphatic carbocycles. The summed E-state index contributed by atoms with van der Waals surface area (Å²) < 4.78 is 5.20.